The molecule has 0 bridgehead atoms. The van der Waals surface area contributed by atoms with Gasteiger partial charge in [-0.05, 0) is 56.7 Å². The van der Waals surface area contributed by atoms with Gasteiger partial charge >= 0.3 is 5.97 Å². The van der Waals surface area contributed by atoms with Crippen molar-refractivity contribution in [3.8, 4) is 28.0 Å². The van der Waals surface area contributed by atoms with Crippen molar-refractivity contribution in [3.63, 3.8) is 0 Å². The molecular formula is C25H29N3O5S. The van der Waals surface area contributed by atoms with E-state index in [0.717, 1.165) is 28.6 Å². The number of nitrogens with zero attached hydrogens (tertiary/aromatic N) is 1. The number of sulfonamides is 1. The molecule has 34 heavy (non-hydrogen) atoms. The van der Waals surface area contributed by atoms with Crippen LogP contribution in [0.5, 0.6) is 5.75 Å². The highest BCUT2D eigenvalue weighted by Crippen LogP contribution is 2.41. The van der Waals surface area contributed by atoms with Crippen molar-refractivity contribution < 1.29 is 22.7 Å². The minimum atomic E-state index is -3.46. The van der Waals surface area contributed by atoms with Crippen LogP contribution in [0.2, 0.25) is 0 Å². The van der Waals surface area contributed by atoms with Crippen LogP contribution in [-0.4, -0.2) is 45.9 Å². The maximum Gasteiger partial charge on any atom is 0.338 e. The molecule has 3 rings (SSSR count). The SMILES string of the molecule is COC(=O)c1cc(-c2ccc(NC(C)C)cc2)c(OC)c(C)c1-c1ccc(NS(C)(=O)=O)nc1. The molecule has 0 saturated carbocycles. The number of carbonyl (C=O) groups is 1. The zero-order chi connectivity index (χ0) is 25.0. The van der Waals surface area contributed by atoms with Gasteiger partial charge in [-0.2, -0.15) is 0 Å². The summed E-state index contributed by atoms with van der Waals surface area (Å²) in [6.07, 6.45) is 2.56. The van der Waals surface area contributed by atoms with Gasteiger partial charge in [0.25, 0.3) is 0 Å². The molecule has 1 heterocycles. The molecule has 3 aromatic rings. The van der Waals surface area contributed by atoms with E-state index in [9.17, 15) is 13.2 Å². The number of anilines is 2. The highest BCUT2D eigenvalue weighted by molar-refractivity contribution is 7.92. The lowest BCUT2D eigenvalue weighted by Gasteiger charge is -2.19. The highest BCUT2D eigenvalue weighted by atomic mass is 32.2. The molecule has 0 aliphatic rings. The third-order valence-electron chi connectivity index (χ3n) is 5.12. The number of hydrogen-bond acceptors (Lipinski definition) is 7. The second kappa shape index (κ2) is 10.1. The molecule has 2 aromatic carbocycles. The average Bonchev–Trinajstić information content (AvgIpc) is 2.77. The normalized spacial score (nSPS) is 11.3. The highest BCUT2D eigenvalue weighted by Gasteiger charge is 2.23. The summed E-state index contributed by atoms with van der Waals surface area (Å²) in [6, 6.07) is 13.2. The number of benzene rings is 2. The van der Waals surface area contributed by atoms with Crippen LogP contribution in [0, 0.1) is 6.92 Å². The smallest absolute Gasteiger partial charge is 0.338 e. The fourth-order valence-electron chi connectivity index (χ4n) is 3.79. The van der Waals surface area contributed by atoms with E-state index in [1.54, 1.807) is 19.2 Å². The topological polar surface area (TPSA) is 107 Å². The Labute approximate surface area is 200 Å². The molecule has 180 valence electrons. The molecule has 2 N–H and O–H groups in total. The monoisotopic (exact) mass is 483 g/mol. The van der Waals surface area contributed by atoms with Crippen molar-refractivity contribution in [1.82, 2.24) is 4.98 Å². The van der Waals surface area contributed by atoms with E-state index in [2.05, 4.69) is 28.9 Å². The fraction of sp³-hybridized carbons (Fsp3) is 0.280. The van der Waals surface area contributed by atoms with Gasteiger partial charge in [0.1, 0.15) is 11.6 Å². The number of hydrogen-bond donors (Lipinski definition) is 2. The largest absolute Gasteiger partial charge is 0.496 e. The summed E-state index contributed by atoms with van der Waals surface area (Å²) in [5.41, 5.74) is 4.94. The third kappa shape index (κ3) is 5.66. The van der Waals surface area contributed by atoms with E-state index in [1.165, 1.54) is 19.4 Å². The Bertz CT molecular complexity index is 1290. The lowest BCUT2D eigenvalue weighted by atomic mass is 9.90. The van der Waals surface area contributed by atoms with Crippen molar-refractivity contribution in [2.45, 2.75) is 26.8 Å². The van der Waals surface area contributed by atoms with Crippen LogP contribution in [0.15, 0.2) is 48.7 Å². The number of nitrogens with one attached hydrogen (secondary N) is 2. The predicted octanol–water partition coefficient (Wildman–Crippen LogP) is 4.71. The van der Waals surface area contributed by atoms with Crippen molar-refractivity contribution in [1.29, 1.82) is 0 Å². The van der Waals surface area contributed by atoms with E-state index >= 15 is 0 Å². The molecule has 0 radical (unpaired) electrons. The molecule has 0 unspecified atom stereocenters. The van der Waals surface area contributed by atoms with Crippen molar-refractivity contribution >= 4 is 27.5 Å². The Morgan fingerprint density at radius 2 is 1.68 bits per heavy atom. The van der Waals surface area contributed by atoms with E-state index in [4.69, 9.17) is 9.47 Å². The maximum atomic E-state index is 12.8. The van der Waals surface area contributed by atoms with Gasteiger partial charge in [0.2, 0.25) is 10.0 Å². The van der Waals surface area contributed by atoms with Crippen LogP contribution in [0.25, 0.3) is 22.3 Å². The molecule has 0 amide bonds. The summed E-state index contributed by atoms with van der Waals surface area (Å²) in [6.45, 7) is 6.00. The van der Waals surface area contributed by atoms with Gasteiger partial charge < -0.3 is 14.8 Å². The number of aromatic nitrogens is 1. The third-order valence-corrected chi connectivity index (χ3v) is 5.70. The zero-order valence-corrected chi connectivity index (χ0v) is 20.9. The van der Waals surface area contributed by atoms with E-state index in [0.29, 0.717) is 28.5 Å². The number of methoxy groups -OCH3 is 2. The van der Waals surface area contributed by atoms with Gasteiger partial charge in [-0.25, -0.2) is 18.2 Å². The number of rotatable bonds is 8. The molecule has 8 nitrogen and oxygen atoms in total. The minimum absolute atomic E-state index is 0.183. The van der Waals surface area contributed by atoms with Crippen LogP contribution >= 0.6 is 0 Å². The zero-order valence-electron chi connectivity index (χ0n) is 20.1. The van der Waals surface area contributed by atoms with Gasteiger partial charge in [-0.3, -0.25) is 4.72 Å². The van der Waals surface area contributed by atoms with Gasteiger partial charge in [-0.15, -0.1) is 0 Å². The second-order valence-electron chi connectivity index (χ2n) is 8.18. The van der Waals surface area contributed by atoms with Crippen LogP contribution in [0.3, 0.4) is 0 Å². The number of carbonyl (C=O) groups excluding carboxylic acids is 1. The quantitative estimate of drug-likeness (QED) is 0.447. The lowest BCUT2D eigenvalue weighted by Crippen LogP contribution is -2.11. The minimum Gasteiger partial charge on any atom is -0.496 e. The Morgan fingerprint density at radius 1 is 1.03 bits per heavy atom. The average molecular weight is 484 g/mol. The second-order valence-corrected chi connectivity index (χ2v) is 9.93. The van der Waals surface area contributed by atoms with Gasteiger partial charge in [0.05, 0.1) is 26.0 Å². The predicted molar refractivity (Wildman–Crippen MR) is 135 cm³/mol. The van der Waals surface area contributed by atoms with Crippen LogP contribution < -0.4 is 14.8 Å². The number of pyridine rings is 1. The summed E-state index contributed by atoms with van der Waals surface area (Å²) in [5, 5.41) is 3.36. The van der Waals surface area contributed by atoms with Gasteiger partial charge in [-0.1, -0.05) is 12.1 Å². The first kappa shape index (κ1) is 25.0. The lowest BCUT2D eigenvalue weighted by molar-refractivity contribution is 0.0601. The summed E-state index contributed by atoms with van der Waals surface area (Å²) in [4.78, 5) is 17.0. The molecule has 0 atom stereocenters. The summed E-state index contributed by atoms with van der Waals surface area (Å²) >= 11 is 0. The van der Waals surface area contributed by atoms with Crippen LogP contribution in [0.1, 0.15) is 29.8 Å². The Hall–Kier alpha value is -3.59. The van der Waals surface area contributed by atoms with E-state index < -0.39 is 16.0 Å². The summed E-state index contributed by atoms with van der Waals surface area (Å²) in [7, 11) is -0.545. The number of esters is 1. The van der Waals surface area contributed by atoms with Gasteiger partial charge in [0.15, 0.2) is 0 Å². The maximum absolute atomic E-state index is 12.8. The fourth-order valence-corrected chi connectivity index (χ4v) is 4.29. The number of ether oxygens (including phenoxy) is 2. The van der Waals surface area contributed by atoms with Crippen LogP contribution in [-0.2, 0) is 14.8 Å². The summed E-state index contributed by atoms with van der Waals surface area (Å²) in [5.74, 6) is 0.297. The van der Waals surface area contributed by atoms with E-state index in [-0.39, 0.29) is 5.82 Å². The Morgan fingerprint density at radius 3 is 2.18 bits per heavy atom. The van der Waals surface area contributed by atoms with Crippen molar-refractivity contribution in [2.24, 2.45) is 0 Å². The molecule has 0 fully saturated rings. The van der Waals surface area contributed by atoms with Gasteiger partial charge in [0, 0.05) is 40.2 Å². The first-order valence-electron chi connectivity index (χ1n) is 10.6. The first-order valence-corrected chi connectivity index (χ1v) is 12.5. The van der Waals surface area contributed by atoms with E-state index in [1.807, 2.05) is 31.2 Å². The molecule has 0 aliphatic carbocycles. The van der Waals surface area contributed by atoms with Crippen LogP contribution in [0.4, 0.5) is 11.5 Å². The Balaban J connectivity index is 2.16. The summed E-state index contributed by atoms with van der Waals surface area (Å²) < 4.78 is 36.1. The molecule has 0 saturated heterocycles. The molecule has 0 spiro atoms. The Kier molecular flexibility index (Phi) is 7.46. The first-order chi connectivity index (χ1) is 16.0. The molecule has 1 aromatic heterocycles. The molecular weight excluding hydrogens is 454 g/mol. The standard InChI is InChI=1S/C25H29N3O5S/c1-15(2)27-19-10-7-17(8-11-19)20-13-21(25(29)33-5)23(16(3)24(20)32-4)18-9-12-22(26-14-18)28-34(6,30)31/h7-15,27H,1-6H3,(H,26,28). The molecule has 9 heteroatoms. The molecule has 0 aliphatic heterocycles. The van der Waals surface area contributed by atoms with Crippen molar-refractivity contribution in [3.05, 3.63) is 59.8 Å². The van der Waals surface area contributed by atoms with Crippen molar-refractivity contribution in [2.75, 3.05) is 30.5 Å².